The summed E-state index contributed by atoms with van der Waals surface area (Å²) in [7, 11) is 0. The maximum atomic E-state index is 12.0. The van der Waals surface area contributed by atoms with Crippen molar-refractivity contribution in [1.82, 2.24) is 10.1 Å². The van der Waals surface area contributed by atoms with E-state index in [2.05, 4.69) is 14.9 Å². The minimum absolute atomic E-state index is 0.116. The number of aromatic nitrogens is 2. The van der Waals surface area contributed by atoms with Crippen LogP contribution in [0.25, 0.3) is 22.9 Å². The van der Waals surface area contributed by atoms with Gasteiger partial charge in [0.1, 0.15) is 5.75 Å². The van der Waals surface area contributed by atoms with Crippen LogP contribution in [-0.4, -0.2) is 16.8 Å². The lowest BCUT2D eigenvalue weighted by atomic mass is 10.2. The average Bonchev–Trinajstić information content (AvgIpc) is 3.17. The van der Waals surface area contributed by atoms with E-state index in [0.29, 0.717) is 11.7 Å². The standard InChI is InChI=1S/C15H10F2N2O2S/c16-15(17)20-11-6-3-10(4-7-11)5-8-13-18-14(19-21-13)12-2-1-9-22-12/h1-9,15H/b8-5-. The molecule has 0 aliphatic carbocycles. The highest BCUT2D eigenvalue weighted by Gasteiger charge is 2.07. The van der Waals surface area contributed by atoms with Crippen molar-refractivity contribution in [1.29, 1.82) is 0 Å². The van der Waals surface area contributed by atoms with Crippen LogP contribution in [0.2, 0.25) is 0 Å². The molecular weight excluding hydrogens is 310 g/mol. The van der Waals surface area contributed by atoms with E-state index in [0.717, 1.165) is 10.4 Å². The molecule has 0 N–H and O–H groups in total. The summed E-state index contributed by atoms with van der Waals surface area (Å²) in [6, 6.07) is 10.1. The summed E-state index contributed by atoms with van der Waals surface area (Å²) in [5.74, 6) is 1.02. The molecule has 0 spiro atoms. The first-order chi connectivity index (χ1) is 10.7. The number of nitrogens with zero attached hydrogens (tertiary/aromatic N) is 2. The summed E-state index contributed by atoms with van der Waals surface area (Å²) < 4.78 is 33.5. The fourth-order valence-electron chi connectivity index (χ4n) is 1.74. The number of thiophene rings is 1. The molecule has 3 rings (SSSR count). The zero-order valence-corrected chi connectivity index (χ0v) is 12.0. The Kier molecular flexibility index (Phi) is 4.24. The molecule has 1 aromatic carbocycles. The first kappa shape index (κ1) is 14.4. The van der Waals surface area contributed by atoms with Crippen molar-refractivity contribution in [2.24, 2.45) is 0 Å². The van der Waals surface area contributed by atoms with E-state index in [1.165, 1.54) is 23.5 Å². The monoisotopic (exact) mass is 320 g/mol. The number of halogens is 2. The van der Waals surface area contributed by atoms with Crippen molar-refractivity contribution >= 4 is 23.5 Å². The van der Waals surface area contributed by atoms with Gasteiger partial charge in [0.15, 0.2) is 0 Å². The summed E-state index contributed by atoms with van der Waals surface area (Å²) in [4.78, 5) is 5.17. The third-order valence-corrected chi connectivity index (χ3v) is 3.57. The van der Waals surface area contributed by atoms with Crippen LogP contribution in [-0.2, 0) is 0 Å². The van der Waals surface area contributed by atoms with E-state index in [9.17, 15) is 8.78 Å². The normalized spacial score (nSPS) is 11.4. The minimum atomic E-state index is -2.82. The topological polar surface area (TPSA) is 48.2 Å². The van der Waals surface area contributed by atoms with E-state index in [4.69, 9.17) is 4.52 Å². The van der Waals surface area contributed by atoms with Gasteiger partial charge in [-0.25, -0.2) is 0 Å². The molecule has 2 heterocycles. The number of ether oxygens (including phenoxy) is 1. The first-order valence-corrected chi connectivity index (χ1v) is 7.19. The lowest BCUT2D eigenvalue weighted by Crippen LogP contribution is -2.01. The molecule has 0 amide bonds. The van der Waals surface area contributed by atoms with Crippen LogP contribution < -0.4 is 4.74 Å². The molecule has 0 aliphatic heterocycles. The van der Waals surface area contributed by atoms with Crippen molar-refractivity contribution in [3.63, 3.8) is 0 Å². The van der Waals surface area contributed by atoms with Gasteiger partial charge in [-0.1, -0.05) is 23.4 Å². The quantitative estimate of drug-likeness (QED) is 0.691. The number of alkyl halides is 2. The van der Waals surface area contributed by atoms with Crippen LogP contribution in [0.1, 0.15) is 11.5 Å². The van der Waals surface area contributed by atoms with E-state index in [1.54, 1.807) is 24.3 Å². The highest BCUT2D eigenvalue weighted by molar-refractivity contribution is 7.13. The Labute approximate surface area is 128 Å². The van der Waals surface area contributed by atoms with Crippen molar-refractivity contribution in [3.05, 3.63) is 53.2 Å². The van der Waals surface area contributed by atoms with Crippen molar-refractivity contribution < 1.29 is 18.0 Å². The van der Waals surface area contributed by atoms with Crippen molar-refractivity contribution in [2.45, 2.75) is 6.61 Å². The largest absolute Gasteiger partial charge is 0.435 e. The van der Waals surface area contributed by atoms with E-state index in [1.807, 2.05) is 17.5 Å². The molecule has 4 nitrogen and oxygen atoms in total. The van der Waals surface area contributed by atoms with Gasteiger partial charge in [0.05, 0.1) is 4.88 Å². The molecular formula is C15H10F2N2O2S. The summed E-state index contributed by atoms with van der Waals surface area (Å²) in [5, 5.41) is 5.82. The average molecular weight is 320 g/mol. The Bertz CT molecular complexity index is 752. The fourth-order valence-corrected chi connectivity index (χ4v) is 2.39. The summed E-state index contributed by atoms with van der Waals surface area (Å²) in [6.45, 7) is -2.82. The molecule has 0 fully saturated rings. The van der Waals surface area contributed by atoms with E-state index >= 15 is 0 Å². The zero-order chi connectivity index (χ0) is 15.4. The summed E-state index contributed by atoms with van der Waals surface area (Å²) in [6.07, 6.45) is 3.41. The third kappa shape index (κ3) is 3.56. The van der Waals surface area contributed by atoms with Gasteiger partial charge >= 0.3 is 6.61 Å². The van der Waals surface area contributed by atoms with Gasteiger partial charge in [0.2, 0.25) is 5.82 Å². The van der Waals surface area contributed by atoms with Crippen LogP contribution in [0, 0.1) is 0 Å². The number of benzene rings is 1. The maximum Gasteiger partial charge on any atom is 0.387 e. The highest BCUT2D eigenvalue weighted by Crippen LogP contribution is 2.22. The van der Waals surface area contributed by atoms with Crippen LogP contribution in [0.4, 0.5) is 8.78 Å². The molecule has 0 unspecified atom stereocenters. The van der Waals surface area contributed by atoms with Crippen LogP contribution in [0.15, 0.2) is 46.3 Å². The molecule has 0 saturated heterocycles. The van der Waals surface area contributed by atoms with Gasteiger partial charge in [-0.2, -0.15) is 13.8 Å². The molecule has 2 aromatic heterocycles. The second-order valence-electron chi connectivity index (χ2n) is 4.21. The van der Waals surface area contributed by atoms with E-state index in [-0.39, 0.29) is 5.75 Å². The zero-order valence-electron chi connectivity index (χ0n) is 11.1. The molecule has 0 saturated carbocycles. The van der Waals surface area contributed by atoms with Gasteiger partial charge in [0, 0.05) is 6.08 Å². The summed E-state index contributed by atoms with van der Waals surface area (Å²) in [5.41, 5.74) is 0.803. The second kappa shape index (κ2) is 6.48. The number of hydrogen-bond donors (Lipinski definition) is 0. The van der Waals surface area contributed by atoms with Crippen LogP contribution >= 0.6 is 11.3 Å². The van der Waals surface area contributed by atoms with Crippen LogP contribution in [0.3, 0.4) is 0 Å². The lowest BCUT2D eigenvalue weighted by molar-refractivity contribution is -0.0498. The molecule has 0 aliphatic rings. The van der Waals surface area contributed by atoms with Gasteiger partial charge in [-0.3, -0.25) is 0 Å². The summed E-state index contributed by atoms with van der Waals surface area (Å²) >= 11 is 1.53. The smallest absolute Gasteiger partial charge is 0.387 e. The van der Waals surface area contributed by atoms with Crippen molar-refractivity contribution in [2.75, 3.05) is 0 Å². The van der Waals surface area contributed by atoms with E-state index < -0.39 is 6.61 Å². The van der Waals surface area contributed by atoms with Gasteiger partial charge in [-0.15, -0.1) is 11.3 Å². The van der Waals surface area contributed by atoms with Gasteiger partial charge in [0.25, 0.3) is 5.89 Å². The Balaban J connectivity index is 1.69. The minimum Gasteiger partial charge on any atom is -0.435 e. The molecule has 112 valence electrons. The molecule has 0 atom stereocenters. The molecule has 22 heavy (non-hydrogen) atoms. The molecule has 0 radical (unpaired) electrons. The Hall–Kier alpha value is -2.54. The number of hydrogen-bond acceptors (Lipinski definition) is 5. The molecule has 0 bridgehead atoms. The highest BCUT2D eigenvalue weighted by atomic mass is 32.1. The Morgan fingerprint density at radius 2 is 1.95 bits per heavy atom. The SMILES string of the molecule is FC(F)Oc1ccc(/C=C\c2nc(-c3cccs3)no2)cc1. The Morgan fingerprint density at radius 3 is 2.64 bits per heavy atom. The van der Waals surface area contributed by atoms with Crippen LogP contribution in [0.5, 0.6) is 5.75 Å². The lowest BCUT2D eigenvalue weighted by Gasteiger charge is -2.03. The molecule has 3 aromatic rings. The second-order valence-corrected chi connectivity index (χ2v) is 5.16. The maximum absolute atomic E-state index is 12.0. The van der Waals surface area contributed by atoms with Gasteiger partial charge in [-0.05, 0) is 35.2 Å². The van der Waals surface area contributed by atoms with Crippen molar-refractivity contribution in [3.8, 4) is 16.5 Å². The Morgan fingerprint density at radius 1 is 1.14 bits per heavy atom. The van der Waals surface area contributed by atoms with Gasteiger partial charge < -0.3 is 9.26 Å². The fraction of sp³-hybridized carbons (Fsp3) is 0.0667. The first-order valence-electron chi connectivity index (χ1n) is 6.31. The predicted molar refractivity (Wildman–Crippen MR) is 79.6 cm³/mol. The third-order valence-electron chi connectivity index (χ3n) is 2.71. The number of rotatable bonds is 5. The predicted octanol–water partition coefficient (Wildman–Crippen LogP) is 4.57. The molecule has 7 heteroatoms.